The molecule has 2 fully saturated rings. The lowest BCUT2D eigenvalue weighted by Crippen LogP contribution is -2.47. The molecule has 0 spiro atoms. The second-order valence-corrected chi connectivity index (χ2v) is 5.06. The third-order valence-corrected chi connectivity index (χ3v) is 4.17. The SMILES string of the molecule is CCC[C@H]1C(=O)[C@@H]2CCCCCC[C@H]12. The number of Topliss-reactive ketones (excluding diaryl/α,β-unsaturated/α-hetero) is 1. The van der Waals surface area contributed by atoms with Crippen LogP contribution in [-0.4, -0.2) is 5.78 Å². The van der Waals surface area contributed by atoms with Crippen molar-refractivity contribution in [2.45, 2.75) is 58.3 Å². The Kier molecular flexibility index (Phi) is 3.25. The van der Waals surface area contributed by atoms with Gasteiger partial charge in [0, 0.05) is 11.8 Å². The Hall–Kier alpha value is -0.330. The minimum absolute atomic E-state index is 0.461. The van der Waals surface area contributed by atoms with Crippen LogP contribution in [0.5, 0.6) is 0 Å². The van der Waals surface area contributed by atoms with Gasteiger partial charge in [-0.25, -0.2) is 0 Å². The van der Waals surface area contributed by atoms with Gasteiger partial charge in [-0.15, -0.1) is 0 Å². The van der Waals surface area contributed by atoms with E-state index in [2.05, 4.69) is 6.92 Å². The molecule has 0 amide bonds. The van der Waals surface area contributed by atoms with Gasteiger partial charge in [0.25, 0.3) is 0 Å². The molecule has 0 aromatic heterocycles. The quantitative estimate of drug-likeness (QED) is 0.656. The predicted octanol–water partition coefficient (Wildman–Crippen LogP) is 3.57. The van der Waals surface area contributed by atoms with Crippen molar-refractivity contribution in [1.29, 1.82) is 0 Å². The molecule has 14 heavy (non-hydrogen) atoms. The smallest absolute Gasteiger partial charge is 0.139 e. The van der Waals surface area contributed by atoms with Crippen molar-refractivity contribution in [3.63, 3.8) is 0 Å². The van der Waals surface area contributed by atoms with Gasteiger partial charge < -0.3 is 0 Å². The summed E-state index contributed by atoms with van der Waals surface area (Å²) in [5, 5.41) is 0. The van der Waals surface area contributed by atoms with Gasteiger partial charge in [-0.1, -0.05) is 39.0 Å². The summed E-state index contributed by atoms with van der Waals surface area (Å²) in [6, 6.07) is 0. The van der Waals surface area contributed by atoms with Crippen LogP contribution < -0.4 is 0 Å². The number of fused-ring (bicyclic) bond motifs is 1. The molecule has 0 aromatic carbocycles. The molecular weight excluding hydrogens is 172 g/mol. The van der Waals surface area contributed by atoms with Gasteiger partial charge in [0.05, 0.1) is 0 Å². The van der Waals surface area contributed by atoms with Crippen LogP contribution in [0.25, 0.3) is 0 Å². The second kappa shape index (κ2) is 4.46. The van der Waals surface area contributed by atoms with E-state index >= 15 is 0 Å². The lowest BCUT2D eigenvalue weighted by molar-refractivity contribution is -0.145. The van der Waals surface area contributed by atoms with Gasteiger partial charge in [0.2, 0.25) is 0 Å². The Labute approximate surface area is 87.3 Å². The highest BCUT2D eigenvalue weighted by molar-refractivity contribution is 5.90. The van der Waals surface area contributed by atoms with E-state index in [9.17, 15) is 4.79 Å². The molecule has 2 aliphatic carbocycles. The molecule has 0 aliphatic heterocycles. The summed E-state index contributed by atoms with van der Waals surface area (Å²) in [5.74, 6) is 2.33. The maximum absolute atomic E-state index is 11.9. The normalized spacial score (nSPS) is 38.1. The highest BCUT2D eigenvalue weighted by Crippen LogP contribution is 2.46. The van der Waals surface area contributed by atoms with Crippen molar-refractivity contribution < 1.29 is 4.79 Å². The molecule has 2 rings (SSSR count). The van der Waals surface area contributed by atoms with Gasteiger partial charge in [0.1, 0.15) is 5.78 Å². The van der Waals surface area contributed by atoms with E-state index < -0.39 is 0 Å². The predicted molar refractivity (Wildman–Crippen MR) is 58.1 cm³/mol. The van der Waals surface area contributed by atoms with Gasteiger partial charge in [0.15, 0.2) is 0 Å². The molecule has 0 unspecified atom stereocenters. The van der Waals surface area contributed by atoms with E-state index in [1.165, 1.54) is 44.9 Å². The first kappa shape index (κ1) is 10.2. The Balaban J connectivity index is 1.94. The fourth-order valence-electron chi connectivity index (χ4n) is 3.38. The van der Waals surface area contributed by atoms with Crippen LogP contribution in [0, 0.1) is 17.8 Å². The van der Waals surface area contributed by atoms with Gasteiger partial charge in [-0.2, -0.15) is 0 Å². The Morgan fingerprint density at radius 3 is 2.57 bits per heavy atom. The zero-order chi connectivity index (χ0) is 9.97. The molecular formula is C13H22O. The van der Waals surface area contributed by atoms with E-state index in [1.807, 2.05) is 0 Å². The summed E-state index contributed by atoms with van der Waals surface area (Å²) in [4.78, 5) is 11.9. The number of hydrogen-bond donors (Lipinski definition) is 0. The molecule has 1 heteroatoms. The van der Waals surface area contributed by atoms with E-state index in [4.69, 9.17) is 0 Å². The first-order chi connectivity index (χ1) is 6.84. The van der Waals surface area contributed by atoms with E-state index in [0.717, 1.165) is 12.3 Å². The maximum Gasteiger partial charge on any atom is 0.139 e. The van der Waals surface area contributed by atoms with Gasteiger partial charge >= 0.3 is 0 Å². The lowest BCUT2D eigenvalue weighted by atomic mass is 9.58. The number of hydrogen-bond acceptors (Lipinski definition) is 1. The van der Waals surface area contributed by atoms with Crippen LogP contribution in [0.4, 0.5) is 0 Å². The average molecular weight is 194 g/mol. The third-order valence-electron chi connectivity index (χ3n) is 4.17. The standard InChI is InChI=1S/C13H22O/c1-2-7-11-10-8-5-3-4-6-9-12(10)13(11)14/h10-12H,2-9H2,1H3/t10-,11-,12-/m1/s1. The Bertz CT molecular complexity index is 201. The van der Waals surface area contributed by atoms with Crippen molar-refractivity contribution in [2.75, 3.05) is 0 Å². The average Bonchev–Trinajstić information content (AvgIpc) is 2.16. The summed E-state index contributed by atoms with van der Waals surface area (Å²) in [6.45, 7) is 2.20. The molecule has 2 saturated carbocycles. The van der Waals surface area contributed by atoms with Gasteiger partial charge in [-0.3, -0.25) is 4.79 Å². The number of ketones is 1. The number of rotatable bonds is 2. The number of carbonyl (C=O) groups excluding carboxylic acids is 1. The Morgan fingerprint density at radius 2 is 1.86 bits per heavy atom. The fourth-order valence-corrected chi connectivity index (χ4v) is 3.38. The van der Waals surface area contributed by atoms with Crippen molar-refractivity contribution in [3.8, 4) is 0 Å². The van der Waals surface area contributed by atoms with Crippen molar-refractivity contribution in [3.05, 3.63) is 0 Å². The Morgan fingerprint density at radius 1 is 1.14 bits per heavy atom. The first-order valence-corrected chi connectivity index (χ1v) is 6.38. The highest BCUT2D eigenvalue weighted by atomic mass is 16.1. The lowest BCUT2D eigenvalue weighted by Gasteiger charge is -2.44. The molecule has 0 aromatic rings. The zero-order valence-electron chi connectivity index (χ0n) is 9.30. The zero-order valence-corrected chi connectivity index (χ0v) is 9.30. The summed E-state index contributed by atoms with van der Waals surface area (Å²) < 4.78 is 0. The van der Waals surface area contributed by atoms with Crippen molar-refractivity contribution in [1.82, 2.24) is 0 Å². The summed E-state index contributed by atoms with van der Waals surface area (Å²) in [6.07, 6.45) is 10.3. The molecule has 2 aliphatic rings. The van der Waals surface area contributed by atoms with Crippen molar-refractivity contribution in [2.24, 2.45) is 17.8 Å². The summed E-state index contributed by atoms with van der Waals surface area (Å²) in [5.41, 5.74) is 0. The summed E-state index contributed by atoms with van der Waals surface area (Å²) in [7, 11) is 0. The molecule has 80 valence electrons. The monoisotopic (exact) mass is 194 g/mol. The van der Waals surface area contributed by atoms with Crippen LogP contribution in [-0.2, 0) is 4.79 Å². The second-order valence-electron chi connectivity index (χ2n) is 5.06. The van der Waals surface area contributed by atoms with Crippen LogP contribution >= 0.6 is 0 Å². The van der Waals surface area contributed by atoms with Crippen LogP contribution in [0.1, 0.15) is 58.3 Å². The molecule has 0 N–H and O–H groups in total. The molecule has 3 atom stereocenters. The maximum atomic E-state index is 11.9. The van der Waals surface area contributed by atoms with E-state index in [-0.39, 0.29) is 0 Å². The molecule has 0 saturated heterocycles. The topological polar surface area (TPSA) is 17.1 Å². The van der Waals surface area contributed by atoms with E-state index in [0.29, 0.717) is 17.6 Å². The minimum Gasteiger partial charge on any atom is -0.299 e. The van der Waals surface area contributed by atoms with Crippen LogP contribution in [0.2, 0.25) is 0 Å². The molecule has 0 bridgehead atoms. The van der Waals surface area contributed by atoms with Crippen molar-refractivity contribution >= 4 is 5.78 Å². The first-order valence-electron chi connectivity index (χ1n) is 6.38. The molecule has 0 radical (unpaired) electrons. The summed E-state index contributed by atoms with van der Waals surface area (Å²) >= 11 is 0. The minimum atomic E-state index is 0.461. The fraction of sp³-hybridized carbons (Fsp3) is 0.923. The molecule has 0 heterocycles. The largest absolute Gasteiger partial charge is 0.299 e. The van der Waals surface area contributed by atoms with E-state index in [1.54, 1.807) is 0 Å². The molecule has 1 nitrogen and oxygen atoms in total. The third kappa shape index (κ3) is 1.74. The van der Waals surface area contributed by atoms with Crippen LogP contribution in [0.15, 0.2) is 0 Å². The highest BCUT2D eigenvalue weighted by Gasteiger charge is 2.47. The number of carbonyl (C=O) groups is 1. The van der Waals surface area contributed by atoms with Gasteiger partial charge in [-0.05, 0) is 25.2 Å². The van der Waals surface area contributed by atoms with Crippen LogP contribution in [0.3, 0.4) is 0 Å².